The number of halogens is 2. The standard InChI is InChI=1S/C18H15Cl2N3O/c1-11-16(12(2)23(22-11)13-7-4-3-5-8-13)18(24)21-15-10-6-9-14(19)17(15)20/h3-10H,1-2H3,(H,21,24). The minimum atomic E-state index is -0.267. The highest BCUT2D eigenvalue weighted by atomic mass is 35.5. The molecule has 0 saturated carbocycles. The second kappa shape index (κ2) is 6.67. The van der Waals surface area contributed by atoms with Gasteiger partial charge in [-0.15, -0.1) is 0 Å². The second-order valence-corrected chi connectivity index (χ2v) is 6.13. The number of rotatable bonds is 3. The van der Waals surface area contributed by atoms with Crippen molar-refractivity contribution in [2.24, 2.45) is 0 Å². The molecule has 1 amide bonds. The Balaban J connectivity index is 1.96. The van der Waals surface area contributed by atoms with E-state index in [4.69, 9.17) is 23.2 Å². The van der Waals surface area contributed by atoms with Gasteiger partial charge in [-0.3, -0.25) is 4.79 Å². The zero-order valence-electron chi connectivity index (χ0n) is 13.2. The molecule has 0 aliphatic carbocycles. The van der Waals surface area contributed by atoms with Crippen molar-refractivity contribution >= 4 is 34.8 Å². The van der Waals surface area contributed by atoms with E-state index in [9.17, 15) is 4.79 Å². The molecule has 122 valence electrons. The first-order valence-electron chi connectivity index (χ1n) is 7.36. The normalized spacial score (nSPS) is 10.7. The van der Waals surface area contributed by atoms with Crippen LogP contribution in [0.25, 0.3) is 5.69 Å². The fourth-order valence-corrected chi connectivity index (χ4v) is 2.92. The van der Waals surface area contributed by atoms with Gasteiger partial charge in [-0.05, 0) is 38.1 Å². The molecular weight excluding hydrogens is 345 g/mol. The number of aromatic nitrogens is 2. The maximum atomic E-state index is 12.7. The number of aryl methyl sites for hydroxylation is 1. The molecule has 0 atom stereocenters. The molecule has 0 aliphatic heterocycles. The smallest absolute Gasteiger partial charge is 0.259 e. The lowest BCUT2D eigenvalue weighted by Crippen LogP contribution is -2.14. The van der Waals surface area contributed by atoms with Gasteiger partial charge in [-0.2, -0.15) is 5.10 Å². The van der Waals surface area contributed by atoms with Gasteiger partial charge in [0.2, 0.25) is 0 Å². The minimum absolute atomic E-state index is 0.267. The van der Waals surface area contributed by atoms with Crippen LogP contribution in [-0.4, -0.2) is 15.7 Å². The Hall–Kier alpha value is -2.30. The lowest BCUT2D eigenvalue weighted by molar-refractivity contribution is 0.102. The first-order valence-corrected chi connectivity index (χ1v) is 8.11. The summed E-state index contributed by atoms with van der Waals surface area (Å²) in [5.74, 6) is -0.267. The molecule has 1 aromatic heterocycles. The van der Waals surface area contributed by atoms with Gasteiger partial charge < -0.3 is 5.32 Å². The van der Waals surface area contributed by atoms with Crippen LogP contribution in [0.4, 0.5) is 5.69 Å². The van der Waals surface area contributed by atoms with E-state index in [1.54, 1.807) is 29.8 Å². The van der Waals surface area contributed by atoms with Gasteiger partial charge in [0.15, 0.2) is 0 Å². The van der Waals surface area contributed by atoms with Crippen LogP contribution in [0.3, 0.4) is 0 Å². The summed E-state index contributed by atoms with van der Waals surface area (Å²) in [4.78, 5) is 12.7. The van der Waals surface area contributed by atoms with Gasteiger partial charge in [0.25, 0.3) is 5.91 Å². The molecule has 1 heterocycles. The molecule has 0 radical (unpaired) electrons. The quantitative estimate of drug-likeness (QED) is 0.711. The third kappa shape index (κ3) is 3.03. The summed E-state index contributed by atoms with van der Waals surface area (Å²) in [7, 11) is 0. The Morgan fingerprint density at radius 3 is 2.46 bits per heavy atom. The molecule has 0 bridgehead atoms. The number of para-hydroxylation sites is 1. The predicted octanol–water partition coefficient (Wildman–Crippen LogP) is 5.05. The van der Waals surface area contributed by atoms with Crippen molar-refractivity contribution in [2.75, 3.05) is 5.32 Å². The number of hydrogen-bond donors (Lipinski definition) is 1. The zero-order chi connectivity index (χ0) is 17.3. The summed E-state index contributed by atoms with van der Waals surface area (Å²) < 4.78 is 1.75. The number of amides is 1. The van der Waals surface area contributed by atoms with E-state index >= 15 is 0 Å². The van der Waals surface area contributed by atoms with Gasteiger partial charge >= 0.3 is 0 Å². The van der Waals surface area contributed by atoms with Crippen LogP contribution in [0, 0.1) is 13.8 Å². The molecule has 3 aromatic rings. The molecule has 0 saturated heterocycles. The third-order valence-electron chi connectivity index (χ3n) is 3.72. The summed E-state index contributed by atoms with van der Waals surface area (Å²) in [5, 5.41) is 7.99. The maximum Gasteiger partial charge on any atom is 0.259 e. The van der Waals surface area contributed by atoms with E-state index in [0.717, 1.165) is 11.4 Å². The van der Waals surface area contributed by atoms with Crippen LogP contribution >= 0.6 is 23.2 Å². The largest absolute Gasteiger partial charge is 0.320 e. The molecule has 0 fully saturated rings. The summed E-state index contributed by atoms with van der Waals surface area (Å²) >= 11 is 12.1. The summed E-state index contributed by atoms with van der Waals surface area (Å²) in [6.07, 6.45) is 0. The molecule has 6 heteroatoms. The number of carbonyl (C=O) groups is 1. The lowest BCUT2D eigenvalue weighted by atomic mass is 10.1. The fraction of sp³-hybridized carbons (Fsp3) is 0.111. The van der Waals surface area contributed by atoms with Crippen molar-refractivity contribution in [1.82, 2.24) is 9.78 Å². The highest BCUT2D eigenvalue weighted by molar-refractivity contribution is 6.44. The molecular formula is C18H15Cl2N3O. The van der Waals surface area contributed by atoms with E-state index < -0.39 is 0 Å². The number of nitrogens with zero attached hydrogens (tertiary/aromatic N) is 2. The molecule has 2 aromatic carbocycles. The minimum Gasteiger partial charge on any atom is -0.320 e. The number of hydrogen-bond acceptors (Lipinski definition) is 2. The van der Waals surface area contributed by atoms with Crippen LogP contribution in [0.1, 0.15) is 21.7 Å². The third-order valence-corrected chi connectivity index (χ3v) is 4.54. The zero-order valence-corrected chi connectivity index (χ0v) is 14.7. The summed E-state index contributed by atoms with van der Waals surface area (Å²) in [6.45, 7) is 3.67. The highest BCUT2D eigenvalue weighted by Gasteiger charge is 2.20. The Bertz CT molecular complexity index is 904. The van der Waals surface area contributed by atoms with Crippen molar-refractivity contribution in [1.29, 1.82) is 0 Å². The molecule has 3 rings (SSSR count). The summed E-state index contributed by atoms with van der Waals surface area (Å²) in [6, 6.07) is 14.8. The van der Waals surface area contributed by atoms with Crippen LogP contribution in [-0.2, 0) is 0 Å². The Morgan fingerprint density at radius 2 is 1.75 bits per heavy atom. The Kier molecular flexibility index (Phi) is 4.60. The van der Waals surface area contributed by atoms with E-state index in [-0.39, 0.29) is 5.91 Å². The molecule has 4 nitrogen and oxygen atoms in total. The van der Waals surface area contributed by atoms with E-state index in [2.05, 4.69) is 10.4 Å². The average Bonchev–Trinajstić information content (AvgIpc) is 2.87. The molecule has 0 unspecified atom stereocenters. The number of nitrogens with one attached hydrogen (secondary N) is 1. The lowest BCUT2D eigenvalue weighted by Gasteiger charge is -2.09. The molecule has 0 spiro atoms. The maximum absolute atomic E-state index is 12.7. The Labute approximate surface area is 150 Å². The molecule has 24 heavy (non-hydrogen) atoms. The SMILES string of the molecule is Cc1nn(-c2ccccc2)c(C)c1C(=O)Nc1cccc(Cl)c1Cl. The van der Waals surface area contributed by atoms with Gasteiger partial charge in [0.1, 0.15) is 0 Å². The van der Waals surface area contributed by atoms with E-state index in [1.807, 2.05) is 37.3 Å². The topological polar surface area (TPSA) is 46.9 Å². The first-order chi connectivity index (χ1) is 11.5. The number of benzene rings is 2. The van der Waals surface area contributed by atoms with Gasteiger partial charge in [0.05, 0.1) is 38.4 Å². The van der Waals surface area contributed by atoms with Crippen molar-refractivity contribution < 1.29 is 4.79 Å². The Morgan fingerprint density at radius 1 is 1.04 bits per heavy atom. The van der Waals surface area contributed by atoms with Crippen molar-refractivity contribution in [3.63, 3.8) is 0 Å². The number of anilines is 1. The van der Waals surface area contributed by atoms with Gasteiger partial charge in [-0.25, -0.2) is 4.68 Å². The summed E-state index contributed by atoms with van der Waals surface area (Å²) in [5.41, 5.74) is 3.30. The van der Waals surface area contributed by atoms with E-state index in [0.29, 0.717) is 27.0 Å². The molecule has 0 aliphatic rings. The number of carbonyl (C=O) groups excluding carboxylic acids is 1. The molecule has 1 N–H and O–H groups in total. The first kappa shape index (κ1) is 16.6. The fourth-order valence-electron chi connectivity index (χ4n) is 2.58. The van der Waals surface area contributed by atoms with Crippen molar-refractivity contribution in [3.8, 4) is 5.69 Å². The van der Waals surface area contributed by atoms with Crippen LogP contribution in [0.5, 0.6) is 0 Å². The van der Waals surface area contributed by atoms with E-state index in [1.165, 1.54) is 0 Å². The van der Waals surface area contributed by atoms with Crippen molar-refractivity contribution in [2.45, 2.75) is 13.8 Å². The van der Waals surface area contributed by atoms with Crippen LogP contribution in [0.2, 0.25) is 10.0 Å². The van der Waals surface area contributed by atoms with Crippen LogP contribution < -0.4 is 5.32 Å². The van der Waals surface area contributed by atoms with Crippen LogP contribution in [0.15, 0.2) is 48.5 Å². The van der Waals surface area contributed by atoms with Gasteiger partial charge in [0, 0.05) is 0 Å². The second-order valence-electron chi connectivity index (χ2n) is 5.35. The predicted molar refractivity (Wildman–Crippen MR) is 97.5 cm³/mol. The van der Waals surface area contributed by atoms with Gasteiger partial charge in [-0.1, -0.05) is 47.5 Å². The average molecular weight is 360 g/mol. The highest BCUT2D eigenvalue weighted by Crippen LogP contribution is 2.30. The van der Waals surface area contributed by atoms with Crippen molar-refractivity contribution in [3.05, 3.63) is 75.5 Å². The monoisotopic (exact) mass is 359 g/mol.